The maximum Gasteiger partial charge on any atom is 0.280 e. The third-order valence-electron chi connectivity index (χ3n) is 3.86. The molecule has 2 heterocycles. The fourth-order valence-corrected chi connectivity index (χ4v) is 2.87. The highest BCUT2D eigenvalue weighted by molar-refractivity contribution is 6.03. The predicted molar refractivity (Wildman–Crippen MR) is 85.8 cm³/mol. The van der Waals surface area contributed by atoms with E-state index in [1.807, 2.05) is 12.1 Å². The first-order valence-corrected chi connectivity index (χ1v) is 7.46. The lowest BCUT2D eigenvalue weighted by Crippen LogP contribution is -2.33. The van der Waals surface area contributed by atoms with E-state index in [1.165, 1.54) is 0 Å². The first-order chi connectivity index (χ1) is 11.1. The summed E-state index contributed by atoms with van der Waals surface area (Å²) in [7, 11) is 0. The first-order valence-electron chi connectivity index (χ1n) is 7.46. The van der Waals surface area contributed by atoms with Crippen LogP contribution in [0.15, 0.2) is 28.1 Å². The van der Waals surface area contributed by atoms with Gasteiger partial charge in [-0.3, -0.25) is 9.59 Å². The molecule has 3 rings (SSSR count). The maximum atomic E-state index is 12.6. The standard InChI is InChI=1S/C16H17N3O4/c1-2-23-9-17-18-15(21)12-14(20)11-7-3-5-10-6-4-8-19(13(10)11)16(12)22/h3,5,7,9,20H,2,4,6,8H2,1H3,(H,18,21)/b17-9+. The van der Waals surface area contributed by atoms with Crippen molar-refractivity contribution in [2.75, 3.05) is 6.61 Å². The monoisotopic (exact) mass is 315 g/mol. The van der Waals surface area contributed by atoms with Crippen molar-refractivity contribution >= 4 is 23.2 Å². The van der Waals surface area contributed by atoms with Gasteiger partial charge in [0.05, 0.1) is 12.1 Å². The second-order valence-corrected chi connectivity index (χ2v) is 5.23. The Labute approximate surface area is 132 Å². The van der Waals surface area contributed by atoms with Crippen molar-refractivity contribution in [1.82, 2.24) is 9.99 Å². The molecule has 1 aliphatic heterocycles. The molecule has 23 heavy (non-hydrogen) atoms. The third-order valence-corrected chi connectivity index (χ3v) is 3.86. The number of pyridine rings is 1. The molecular weight excluding hydrogens is 298 g/mol. The number of rotatable bonds is 4. The van der Waals surface area contributed by atoms with E-state index in [0.29, 0.717) is 24.1 Å². The summed E-state index contributed by atoms with van der Waals surface area (Å²) in [6.45, 7) is 2.71. The Kier molecular flexibility index (Phi) is 4.01. The number of carbonyl (C=O) groups is 1. The zero-order valence-electron chi connectivity index (χ0n) is 12.7. The lowest BCUT2D eigenvalue weighted by molar-refractivity contribution is 0.0949. The second kappa shape index (κ2) is 6.12. The van der Waals surface area contributed by atoms with Gasteiger partial charge in [0, 0.05) is 11.9 Å². The molecule has 1 aliphatic rings. The molecule has 2 N–H and O–H groups in total. The van der Waals surface area contributed by atoms with E-state index in [9.17, 15) is 14.7 Å². The molecule has 120 valence electrons. The Morgan fingerprint density at radius 1 is 1.52 bits per heavy atom. The van der Waals surface area contributed by atoms with Crippen LogP contribution in [0.25, 0.3) is 10.9 Å². The summed E-state index contributed by atoms with van der Waals surface area (Å²) in [5.41, 5.74) is 3.09. The molecular formula is C16H17N3O4. The number of para-hydroxylation sites is 1. The molecule has 1 aromatic carbocycles. The van der Waals surface area contributed by atoms with Crippen LogP contribution in [0.4, 0.5) is 0 Å². The molecule has 1 aromatic heterocycles. The van der Waals surface area contributed by atoms with Gasteiger partial charge < -0.3 is 14.4 Å². The first kappa shape index (κ1) is 15.1. The van der Waals surface area contributed by atoms with Crippen LogP contribution < -0.4 is 11.0 Å². The van der Waals surface area contributed by atoms with Crippen LogP contribution in [0.3, 0.4) is 0 Å². The normalized spacial score (nSPS) is 13.4. The van der Waals surface area contributed by atoms with E-state index in [4.69, 9.17) is 4.74 Å². The van der Waals surface area contributed by atoms with Crippen molar-refractivity contribution in [3.8, 4) is 5.75 Å². The number of benzene rings is 1. The number of nitrogens with one attached hydrogen (secondary N) is 1. The Morgan fingerprint density at radius 2 is 2.35 bits per heavy atom. The number of hydrogen-bond donors (Lipinski definition) is 2. The highest BCUT2D eigenvalue weighted by atomic mass is 16.5. The molecule has 0 spiro atoms. The van der Waals surface area contributed by atoms with Gasteiger partial charge in [0.15, 0.2) is 6.40 Å². The van der Waals surface area contributed by atoms with E-state index in [1.54, 1.807) is 17.6 Å². The summed E-state index contributed by atoms with van der Waals surface area (Å²) in [6, 6.07) is 5.45. The molecule has 0 radical (unpaired) electrons. The summed E-state index contributed by atoms with van der Waals surface area (Å²) >= 11 is 0. The van der Waals surface area contributed by atoms with E-state index < -0.39 is 11.5 Å². The van der Waals surface area contributed by atoms with Crippen LogP contribution in [0.2, 0.25) is 0 Å². The smallest absolute Gasteiger partial charge is 0.280 e. The molecule has 0 fully saturated rings. The van der Waals surface area contributed by atoms with Gasteiger partial charge in [0.1, 0.15) is 11.3 Å². The Bertz CT molecular complexity index is 855. The molecule has 0 bridgehead atoms. The molecule has 2 aromatic rings. The zero-order valence-corrected chi connectivity index (χ0v) is 12.7. The molecule has 7 nitrogen and oxygen atoms in total. The summed E-state index contributed by atoms with van der Waals surface area (Å²) in [5.74, 6) is -1.07. The predicted octanol–water partition coefficient (Wildman–Crippen LogP) is 1.36. The van der Waals surface area contributed by atoms with Gasteiger partial charge in [-0.1, -0.05) is 12.1 Å². The van der Waals surface area contributed by atoms with Crippen molar-refractivity contribution in [3.05, 3.63) is 39.7 Å². The lowest BCUT2D eigenvalue weighted by atomic mass is 9.99. The van der Waals surface area contributed by atoms with Crippen LogP contribution >= 0.6 is 0 Å². The summed E-state index contributed by atoms with van der Waals surface area (Å²) in [5, 5.41) is 14.5. The largest absolute Gasteiger partial charge is 0.506 e. The van der Waals surface area contributed by atoms with Gasteiger partial charge in [0.25, 0.3) is 11.5 Å². The third kappa shape index (κ3) is 2.54. The van der Waals surface area contributed by atoms with Crippen molar-refractivity contribution in [2.24, 2.45) is 5.10 Å². The summed E-state index contributed by atoms with van der Waals surface area (Å²) < 4.78 is 6.42. The Morgan fingerprint density at radius 3 is 3.13 bits per heavy atom. The molecule has 0 atom stereocenters. The van der Waals surface area contributed by atoms with Gasteiger partial charge >= 0.3 is 0 Å². The number of aromatic hydroxyl groups is 1. The second-order valence-electron chi connectivity index (χ2n) is 5.23. The minimum absolute atomic E-state index is 0.301. The number of hydrazone groups is 1. The van der Waals surface area contributed by atoms with Crippen molar-refractivity contribution < 1.29 is 14.6 Å². The molecule has 0 unspecified atom stereocenters. The van der Waals surface area contributed by atoms with Crippen molar-refractivity contribution in [2.45, 2.75) is 26.3 Å². The fraction of sp³-hybridized carbons (Fsp3) is 0.312. The topological polar surface area (TPSA) is 92.9 Å². The van der Waals surface area contributed by atoms with Crippen molar-refractivity contribution in [1.29, 1.82) is 0 Å². The van der Waals surface area contributed by atoms with Gasteiger partial charge in [-0.25, -0.2) is 5.43 Å². The van der Waals surface area contributed by atoms with Crippen LogP contribution in [-0.4, -0.2) is 28.6 Å². The maximum absolute atomic E-state index is 12.6. The average Bonchev–Trinajstić information content (AvgIpc) is 2.56. The highest BCUT2D eigenvalue weighted by Gasteiger charge is 2.24. The number of ether oxygens (including phenoxy) is 1. The van der Waals surface area contributed by atoms with Gasteiger partial charge in [-0.2, -0.15) is 0 Å². The minimum atomic E-state index is -0.759. The number of carbonyl (C=O) groups excluding carboxylic acids is 1. The minimum Gasteiger partial charge on any atom is -0.506 e. The van der Waals surface area contributed by atoms with Crippen LogP contribution in [-0.2, 0) is 17.7 Å². The van der Waals surface area contributed by atoms with E-state index in [2.05, 4.69) is 10.5 Å². The lowest BCUT2D eigenvalue weighted by Gasteiger charge is -2.21. The quantitative estimate of drug-likeness (QED) is 0.506. The average molecular weight is 315 g/mol. The SMILES string of the molecule is CCO/C=N/NC(=O)c1c(O)c2cccc3c2n(c1=O)CCC3. The number of hydrogen-bond acceptors (Lipinski definition) is 5. The Hall–Kier alpha value is -2.83. The highest BCUT2D eigenvalue weighted by Crippen LogP contribution is 2.31. The van der Waals surface area contributed by atoms with Crippen LogP contribution in [0, 0.1) is 0 Å². The number of aryl methyl sites for hydroxylation is 2. The van der Waals surface area contributed by atoms with Crippen LogP contribution in [0.1, 0.15) is 29.3 Å². The van der Waals surface area contributed by atoms with Gasteiger partial charge in [0.2, 0.25) is 0 Å². The van der Waals surface area contributed by atoms with Crippen LogP contribution in [0.5, 0.6) is 5.75 Å². The summed E-state index contributed by atoms with van der Waals surface area (Å²) in [6.07, 6.45) is 2.75. The number of aromatic nitrogens is 1. The molecule has 0 saturated heterocycles. The van der Waals surface area contributed by atoms with Gasteiger partial charge in [-0.05, 0) is 31.4 Å². The molecule has 0 saturated carbocycles. The zero-order chi connectivity index (χ0) is 16.4. The van der Waals surface area contributed by atoms with E-state index in [-0.39, 0.29) is 11.3 Å². The molecule has 0 aliphatic carbocycles. The fourth-order valence-electron chi connectivity index (χ4n) is 2.87. The number of nitrogens with zero attached hydrogens (tertiary/aromatic N) is 2. The van der Waals surface area contributed by atoms with E-state index >= 15 is 0 Å². The van der Waals surface area contributed by atoms with Crippen molar-refractivity contribution in [3.63, 3.8) is 0 Å². The van der Waals surface area contributed by atoms with E-state index in [0.717, 1.165) is 24.8 Å². The number of amides is 1. The molecule has 7 heteroatoms. The molecule has 1 amide bonds. The van der Waals surface area contributed by atoms with Gasteiger partial charge in [-0.15, -0.1) is 5.10 Å². The Balaban J connectivity index is 2.12. The summed E-state index contributed by atoms with van der Waals surface area (Å²) in [4.78, 5) is 24.8.